The summed E-state index contributed by atoms with van der Waals surface area (Å²) in [4.78, 5) is 13.5. The van der Waals surface area contributed by atoms with E-state index in [1.807, 2.05) is 0 Å². The Balaban J connectivity index is 2.68. The number of nitro groups is 1. The fraction of sp³-hybridized carbons (Fsp3) is 0. The topological polar surface area (TPSA) is 82.0 Å². The average molecular weight is 251 g/mol. The maximum atomic E-state index is 13.5. The number of nitrogen functional groups attached to an aromatic ring is 1. The summed E-state index contributed by atoms with van der Waals surface area (Å²) >= 11 is 0. The third-order valence-electron chi connectivity index (χ3n) is 2.38. The van der Waals surface area contributed by atoms with Crippen LogP contribution >= 0.6 is 0 Å². The lowest BCUT2D eigenvalue weighted by Gasteiger charge is -2.06. The second-order valence-corrected chi connectivity index (χ2v) is 3.50. The van der Waals surface area contributed by atoms with Crippen molar-refractivity contribution < 1.29 is 13.7 Å². The van der Waals surface area contributed by atoms with Crippen molar-refractivity contribution >= 4 is 11.4 Å². The van der Waals surface area contributed by atoms with Gasteiger partial charge in [-0.05, 0) is 18.2 Å². The zero-order valence-corrected chi connectivity index (χ0v) is 8.93. The van der Waals surface area contributed by atoms with E-state index in [1.54, 1.807) is 0 Å². The van der Waals surface area contributed by atoms with Crippen LogP contribution in [0, 0.1) is 21.7 Å². The van der Waals surface area contributed by atoms with Crippen molar-refractivity contribution in [3.8, 4) is 11.1 Å². The number of pyridine rings is 1. The van der Waals surface area contributed by atoms with Crippen LogP contribution in [0.3, 0.4) is 0 Å². The lowest BCUT2D eigenvalue weighted by Crippen LogP contribution is -2.00. The van der Waals surface area contributed by atoms with Crippen molar-refractivity contribution in [2.24, 2.45) is 0 Å². The molecule has 2 N–H and O–H groups in total. The van der Waals surface area contributed by atoms with Crippen molar-refractivity contribution in [2.45, 2.75) is 0 Å². The van der Waals surface area contributed by atoms with Gasteiger partial charge in [-0.1, -0.05) is 0 Å². The molecule has 1 aromatic carbocycles. The van der Waals surface area contributed by atoms with Gasteiger partial charge in [-0.15, -0.1) is 0 Å². The quantitative estimate of drug-likeness (QED) is 0.656. The van der Waals surface area contributed by atoms with Crippen LogP contribution in [0.1, 0.15) is 0 Å². The first-order chi connectivity index (χ1) is 8.50. The molecule has 0 aliphatic heterocycles. The Bertz CT molecular complexity index is 632. The summed E-state index contributed by atoms with van der Waals surface area (Å²) in [6.07, 6.45) is 2.11. The van der Waals surface area contributed by atoms with Gasteiger partial charge in [-0.3, -0.25) is 15.1 Å². The zero-order valence-electron chi connectivity index (χ0n) is 8.93. The third-order valence-corrected chi connectivity index (χ3v) is 2.38. The Morgan fingerprint density at radius 2 is 1.94 bits per heavy atom. The number of halogens is 2. The van der Waals surface area contributed by atoms with E-state index in [0.29, 0.717) is 0 Å². The Kier molecular flexibility index (Phi) is 2.88. The van der Waals surface area contributed by atoms with Crippen LogP contribution in [0.15, 0.2) is 30.6 Å². The molecule has 0 aliphatic rings. The zero-order chi connectivity index (χ0) is 13.3. The van der Waals surface area contributed by atoms with Gasteiger partial charge >= 0.3 is 5.69 Å². The summed E-state index contributed by atoms with van der Waals surface area (Å²) in [6.45, 7) is 0. The summed E-state index contributed by atoms with van der Waals surface area (Å²) in [5, 5.41) is 10.7. The summed E-state index contributed by atoms with van der Waals surface area (Å²) in [7, 11) is 0. The largest absolute Gasteiger partial charge is 0.393 e. The molecule has 0 unspecified atom stereocenters. The first-order valence-corrected chi connectivity index (χ1v) is 4.84. The SMILES string of the molecule is Nc1c(-c2cc(F)ccc2F)cncc1[N+](=O)[O-]. The minimum Gasteiger partial charge on any atom is -0.393 e. The van der Waals surface area contributed by atoms with Crippen molar-refractivity contribution in [1.29, 1.82) is 0 Å². The van der Waals surface area contributed by atoms with Crippen molar-refractivity contribution in [2.75, 3.05) is 5.73 Å². The third kappa shape index (κ3) is 1.97. The molecule has 2 aromatic rings. The van der Waals surface area contributed by atoms with E-state index in [-0.39, 0.29) is 16.8 Å². The van der Waals surface area contributed by atoms with Crippen LogP contribution in [0.25, 0.3) is 11.1 Å². The van der Waals surface area contributed by atoms with Gasteiger partial charge in [0.15, 0.2) is 0 Å². The van der Waals surface area contributed by atoms with E-state index < -0.39 is 22.2 Å². The molecule has 0 fully saturated rings. The van der Waals surface area contributed by atoms with E-state index in [2.05, 4.69) is 4.98 Å². The molecule has 1 aromatic heterocycles. The minimum atomic E-state index is -0.733. The molecule has 92 valence electrons. The molecule has 18 heavy (non-hydrogen) atoms. The normalized spacial score (nSPS) is 10.3. The van der Waals surface area contributed by atoms with Gasteiger partial charge in [0, 0.05) is 17.3 Å². The van der Waals surface area contributed by atoms with E-state index >= 15 is 0 Å². The Morgan fingerprint density at radius 1 is 1.22 bits per heavy atom. The van der Waals surface area contributed by atoms with E-state index in [4.69, 9.17) is 5.73 Å². The summed E-state index contributed by atoms with van der Waals surface area (Å²) in [6, 6.07) is 2.77. The molecule has 0 aliphatic carbocycles. The Morgan fingerprint density at radius 3 is 2.61 bits per heavy atom. The van der Waals surface area contributed by atoms with Gasteiger partial charge in [0.2, 0.25) is 0 Å². The summed E-state index contributed by atoms with van der Waals surface area (Å²) in [5.74, 6) is -1.40. The molecule has 0 radical (unpaired) electrons. The lowest BCUT2D eigenvalue weighted by atomic mass is 10.0. The monoisotopic (exact) mass is 251 g/mol. The maximum Gasteiger partial charge on any atom is 0.310 e. The van der Waals surface area contributed by atoms with Crippen LogP contribution in [0.4, 0.5) is 20.2 Å². The fourth-order valence-electron chi connectivity index (χ4n) is 1.52. The van der Waals surface area contributed by atoms with Gasteiger partial charge in [0.05, 0.1) is 4.92 Å². The van der Waals surface area contributed by atoms with Crippen LogP contribution in [0.5, 0.6) is 0 Å². The lowest BCUT2D eigenvalue weighted by molar-refractivity contribution is -0.384. The number of aromatic nitrogens is 1. The Hall–Kier alpha value is -2.57. The highest BCUT2D eigenvalue weighted by Crippen LogP contribution is 2.33. The molecule has 2 rings (SSSR count). The number of nitrogens with zero attached hydrogens (tertiary/aromatic N) is 2. The number of hydrogen-bond acceptors (Lipinski definition) is 4. The standard InChI is InChI=1S/C11H7F2N3O2/c12-6-1-2-9(13)7(3-6)8-4-15-5-10(11(8)14)16(17)18/h1-5H,(H2,14,15). The van der Waals surface area contributed by atoms with Crippen molar-refractivity contribution in [3.63, 3.8) is 0 Å². The smallest absolute Gasteiger partial charge is 0.310 e. The molecule has 5 nitrogen and oxygen atoms in total. The minimum absolute atomic E-state index is 0.0128. The Labute approximate surface area is 100 Å². The molecule has 1 heterocycles. The van der Waals surface area contributed by atoms with Gasteiger partial charge < -0.3 is 5.73 Å². The number of anilines is 1. The van der Waals surface area contributed by atoms with Gasteiger partial charge in [0.25, 0.3) is 0 Å². The first-order valence-electron chi connectivity index (χ1n) is 4.84. The highest BCUT2D eigenvalue weighted by atomic mass is 19.1. The number of hydrogen-bond donors (Lipinski definition) is 1. The van der Waals surface area contributed by atoms with Crippen LogP contribution in [-0.2, 0) is 0 Å². The van der Waals surface area contributed by atoms with Gasteiger partial charge in [-0.2, -0.15) is 0 Å². The predicted molar refractivity (Wildman–Crippen MR) is 60.7 cm³/mol. The molecule has 0 saturated heterocycles. The molecule has 0 bridgehead atoms. The van der Waals surface area contributed by atoms with Gasteiger partial charge in [0.1, 0.15) is 23.5 Å². The van der Waals surface area contributed by atoms with Crippen LogP contribution in [0.2, 0.25) is 0 Å². The van der Waals surface area contributed by atoms with E-state index in [9.17, 15) is 18.9 Å². The van der Waals surface area contributed by atoms with Crippen molar-refractivity contribution in [1.82, 2.24) is 4.98 Å². The fourth-order valence-corrected chi connectivity index (χ4v) is 1.52. The molecular weight excluding hydrogens is 244 g/mol. The average Bonchev–Trinajstić information content (AvgIpc) is 2.32. The number of benzene rings is 1. The number of nitrogens with two attached hydrogens (primary N) is 1. The van der Waals surface area contributed by atoms with Crippen LogP contribution in [-0.4, -0.2) is 9.91 Å². The summed E-state index contributed by atoms with van der Waals surface area (Å²) in [5.41, 5.74) is 4.69. The first kappa shape index (κ1) is 11.9. The van der Waals surface area contributed by atoms with Crippen LogP contribution < -0.4 is 5.73 Å². The molecule has 0 spiro atoms. The summed E-state index contributed by atoms with van der Waals surface area (Å²) < 4.78 is 26.6. The molecule has 0 atom stereocenters. The second kappa shape index (κ2) is 4.36. The molecule has 7 heteroatoms. The van der Waals surface area contributed by atoms with E-state index in [1.165, 1.54) is 0 Å². The highest BCUT2D eigenvalue weighted by Gasteiger charge is 2.18. The molecular formula is C11H7F2N3O2. The maximum absolute atomic E-state index is 13.5. The van der Waals surface area contributed by atoms with Gasteiger partial charge in [-0.25, -0.2) is 8.78 Å². The second-order valence-electron chi connectivity index (χ2n) is 3.50. The number of rotatable bonds is 2. The predicted octanol–water partition coefficient (Wildman–Crippen LogP) is 2.52. The van der Waals surface area contributed by atoms with E-state index in [0.717, 1.165) is 30.6 Å². The highest BCUT2D eigenvalue weighted by molar-refractivity contribution is 5.81. The molecule has 0 saturated carbocycles. The van der Waals surface area contributed by atoms with Crippen molar-refractivity contribution in [3.05, 3.63) is 52.3 Å². The molecule has 0 amide bonds.